The van der Waals surface area contributed by atoms with Crippen molar-refractivity contribution in [1.82, 2.24) is 9.96 Å². The number of benzene rings is 1. The third-order valence-electron chi connectivity index (χ3n) is 4.90. The molecule has 0 N–H and O–H groups in total. The molecule has 2 heterocycles. The number of halogens is 3. The van der Waals surface area contributed by atoms with E-state index in [-0.39, 0.29) is 31.7 Å². The number of amides is 2. The predicted octanol–water partition coefficient (Wildman–Crippen LogP) is 3.76. The van der Waals surface area contributed by atoms with Crippen LogP contribution in [0.5, 0.6) is 0 Å². The molecule has 1 aromatic rings. The van der Waals surface area contributed by atoms with Gasteiger partial charge in [0.15, 0.2) is 0 Å². The van der Waals surface area contributed by atoms with Crippen molar-refractivity contribution in [3.8, 4) is 0 Å². The first-order valence-corrected chi connectivity index (χ1v) is 9.59. The van der Waals surface area contributed by atoms with Gasteiger partial charge in [-0.3, -0.25) is 9.63 Å². The summed E-state index contributed by atoms with van der Waals surface area (Å²) in [6, 6.07) is 2.33. The summed E-state index contributed by atoms with van der Waals surface area (Å²) in [6.07, 6.45) is -1.78. The topological polar surface area (TPSA) is 59.1 Å². The zero-order chi connectivity index (χ0) is 21.3. The third kappa shape index (κ3) is 5.01. The van der Waals surface area contributed by atoms with Gasteiger partial charge in [-0.1, -0.05) is 0 Å². The van der Waals surface area contributed by atoms with Crippen molar-refractivity contribution in [1.29, 1.82) is 0 Å². The van der Waals surface area contributed by atoms with Gasteiger partial charge in [0, 0.05) is 19.0 Å². The Balaban J connectivity index is 1.68. The zero-order valence-electron chi connectivity index (χ0n) is 16.7. The monoisotopic (exact) mass is 414 g/mol. The molecule has 0 saturated carbocycles. The maximum Gasteiger partial charge on any atom is 0.410 e. The first-order valence-electron chi connectivity index (χ1n) is 9.59. The molecular weight excluding hydrogens is 389 g/mol. The van der Waals surface area contributed by atoms with Crippen LogP contribution in [0.4, 0.5) is 18.0 Å². The molecule has 6 nitrogen and oxygen atoms in total. The van der Waals surface area contributed by atoms with Gasteiger partial charge in [-0.25, -0.2) is 23.0 Å². The molecule has 2 fully saturated rings. The Morgan fingerprint density at radius 3 is 2.38 bits per heavy atom. The van der Waals surface area contributed by atoms with Gasteiger partial charge in [0.05, 0.1) is 25.1 Å². The van der Waals surface area contributed by atoms with Crippen LogP contribution in [0.15, 0.2) is 18.2 Å². The normalized spacial score (nSPS) is 25.2. The van der Waals surface area contributed by atoms with Crippen molar-refractivity contribution >= 4 is 12.0 Å². The van der Waals surface area contributed by atoms with E-state index in [0.29, 0.717) is 6.42 Å². The number of carbonyl (C=O) groups is 2. The number of alkyl halides is 1. The van der Waals surface area contributed by atoms with E-state index in [1.54, 1.807) is 20.8 Å². The summed E-state index contributed by atoms with van der Waals surface area (Å²) in [4.78, 5) is 31.7. The number of hydrogen-bond donors (Lipinski definition) is 0. The average molecular weight is 414 g/mol. The second-order valence-corrected chi connectivity index (χ2v) is 8.34. The molecule has 3 rings (SSSR count). The molecule has 2 amide bonds. The molecule has 2 saturated heterocycles. The first-order chi connectivity index (χ1) is 13.5. The number of hydroxylamine groups is 2. The van der Waals surface area contributed by atoms with Crippen LogP contribution in [-0.4, -0.2) is 53.4 Å². The van der Waals surface area contributed by atoms with Crippen molar-refractivity contribution in [2.75, 3.05) is 19.7 Å². The molecule has 9 heteroatoms. The van der Waals surface area contributed by atoms with Gasteiger partial charge in [-0.15, -0.1) is 0 Å². The van der Waals surface area contributed by atoms with E-state index in [2.05, 4.69) is 0 Å². The number of hydrogen-bond acceptors (Lipinski definition) is 4. The van der Waals surface area contributed by atoms with E-state index < -0.39 is 47.4 Å². The lowest BCUT2D eigenvalue weighted by Gasteiger charge is -2.36. The highest BCUT2D eigenvalue weighted by Crippen LogP contribution is 2.35. The Kier molecular flexibility index (Phi) is 6.07. The molecule has 2 aliphatic heterocycles. The maximum atomic E-state index is 14.8. The molecule has 0 aliphatic carbocycles. The summed E-state index contributed by atoms with van der Waals surface area (Å²) in [5, 5.41) is 1.02. The lowest BCUT2D eigenvalue weighted by molar-refractivity contribution is -0.185. The molecule has 0 bridgehead atoms. The minimum absolute atomic E-state index is 0.101. The fraction of sp³-hybridized carbons (Fsp3) is 0.600. The molecule has 3 atom stereocenters. The molecule has 1 unspecified atom stereocenters. The second-order valence-electron chi connectivity index (χ2n) is 8.34. The molecule has 2 aliphatic rings. The van der Waals surface area contributed by atoms with E-state index >= 15 is 0 Å². The molecule has 0 radical (unpaired) electrons. The van der Waals surface area contributed by atoms with Crippen LogP contribution in [0.25, 0.3) is 0 Å². The number of piperidine rings is 1. The first kappa shape index (κ1) is 21.4. The van der Waals surface area contributed by atoms with Crippen molar-refractivity contribution in [3.05, 3.63) is 35.4 Å². The maximum absolute atomic E-state index is 14.8. The Morgan fingerprint density at radius 2 is 1.79 bits per heavy atom. The second kappa shape index (κ2) is 8.22. The molecule has 29 heavy (non-hydrogen) atoms. The Bertz CT molecular complexity index is 763. The van der Waals surface area contributed by atoms with Crippen molar-refractivity contribution < 1.29 is 32.3 Å². The zero-order valence-corrected chi connectivity index (χ0v) is 16.7. The van der Waals surface area contributed by atoms with E-state index in [9.17, 15) is 22.8 Å². The number of likely N-dealkylation sites (tertiary alicyclic amines) is 1. The molecule has 1 aromatic carbocycles. The standard InChI is InChI=1S/C20H25F3N2O4/c1-20(2,3)29-19(27)24-6-4-15(16(23)11-24)18(26)25-17(5-7-28-25)12-8-13(21)10-14(22)9-12/h8-10,15-17H,4-7,11H2,1-3H3/t15-,16+,17?/m0/s1. The smallest absolute Gasteiger partial charge is 0.410 e. The lowest BCUT2D eigenvalue weighted by Crippen LogP contribution is -2.51. The van der Waals surface area contributed by atoms with E-state index in [4.69, 9.17) is 9.57 Å². The third-order valence-corrected chi connectivity index (χ3v) is 4.90. The minimum Gasteiger partial charge on any atom is -0.444 e. The summed E-state index contributed by atoms with van der Waals surface area (Å²) in [5.41, 5.74) is -0.443. The summed E-state index contributed by atoms with van der Waals surface area (Å²) in [6.45, 7) is 5.23. The van der Waals surface area contributed by atoms with Gasteiger partial charge in [-0.2, -0.15) is 0 Å². The van der Waals surface area contributed by atoms with E-state index in [1.165, 1.54) is 4.90 Å². The van der Waals surface area contributed by atoms with Crippen LogP contribution in [0.2, 0.25) is 0 Å². The van der Waals surface area contributed by atoms with Gasteiger partial charge >= 0.3 is 6.09 Å². The summed E-state index contributed by atoms with van der Waals surface area (Å²) in [7, 11) is 0. The van der Waals surface area contributed by atoms with Gasteiger partial charge in [0.25, 0.3) is 5.91 Å². The van der Waals surface area contributed by atoms with Gasteiger partial charge < -0.3 is 9.64 Å². The highest BCUT2D eigenvalue weighted by atomic mass is 19.1. The number of rotatable bonds is 2. The molecule has 160 valence electrons. The fourth-order valence-corrected chi connectivity index (χ4v) is 3.60. The largest absolute Gasteiger partial charge is 0.444 e. The van der Waals surface area contributed by atoms with Crippen molar-refractivity contribution in [3.63, 3.8) is 0 Å². The highest BCUT2D eigenvalue weighted by Gasteiger charge is 2.43. The van der Waals surface area contributed by atoms with Crippen LogP contribution in [0.3, 0.4) is 0 Å². The van der Waals surface area contributed by atoms with Gasteiger partial charge in [0.2, 0.25) is 0 Å². The average Bonchev–Trinajstić information content (AvgIpc) is 3.08. The van der Waals surface area contributed by atoms with Crippen molar-refractivity contribution in [2.24, 2.45) is 5.92 Å². The lowest BCUT2D eigenvalue weighted by atomic mass is 9.93. The molecule has 0 aromatic heterocycles. The molecular formula is C20H25F3N2O4. The van der Waals surface area contributed by atoms with Gasteiger partial charge in [0.1, 0.15) is 23.4 Å². The SMILES string of the molecule is CC(C)(C)OC(=O)N1CC[C@H](C(=O)N2OCCC2c2cc(F)cc(F)c2)[C@H](F)C1. The van der Waals surface area contributed by atoms with Crippen molar-refractivity contribution in [2.45, 2.75) is 51.4 Å². The number of nitrogens with zero attached hydrogens (tertiary/aromatic N) is 2. The quantitative estimate of drug-likeness (QED) is 0.739. The van der Waals surface area contributed by atoms with Crippen LogP contribution in [0, 0.1) is 17.6 Å². The predicted molar refractivity (Wildman–Crippen MR) is 97.3 cm³/mol. The Labute approximate surface area is 167 Å². The van der Waals surface area contributed by atoms with Crippen LogP contribution in [-0.2, 0) is 14.4 Å². The number of ether oxygens (including phenoxy) is 1. The minimum atomic E-state index is -1.60. The van der Waals surface area contributed by atoms with E-state index in [1.807, 2.05) is 0 Å². The fourth-order valence-electron chi connectivity index (χ4n) is 3.60. The summed E-state index contributed by atoms with van der Waals surface area (Å²) >= 11 is 0. The van der Waals surface area contributed by atoms with Crippen LogP contribution in [0.1, 0.15) is 45.2 Å². The summed E-state index contributed by atoms with van der Waals surface area (Å²) < 4.78 is 47.2. The highest BCUT2D eigenvalue weighted by molar-refractivity contribution is 5.80. The van der Waals surface area contributed by atoms with Gasteiger partial charge in [-0.05, 0) is 44.9 Å². The Hall–Kier alpha value is -2.29. The van der Waals surface area contributed by atoms with E-state index in [0.717, 1.165) is 23.3 Å². The van der Waals surface area contributed by atoms with Crippen LogP contribution >= 0.6 is 0 Å². The molecule has 0 spiro atoms. The Morgan fingerprint density at radius 1 is 1.14 bits per heavy atom. The summed E-state index contributed by atoms with van der Waals surface area (Å²) in [5.74, 6) is -3.11. The number of carbonyl (C=O) groups excluding carboxylic acids is 2. The van der Waals surface area contributed by atoms with Crippen LogP contribution < -0.4 is 0 Å².